The summed E-state index contributed by atoms with van der Waals surface area (Å²) in [6.07, 6.45) is 0.0921. The topological polar surface area (TPSA) is 64.7 Å². The number of aliphatic hydroxyl groups is 1. The second-order valence-corrected chi connectivity index (χ2v) is 4.04. The number of benzene rings is 1. The van der Waals surface area contributed by atoms with E-state index in [0.717, 1.165) is 6.42 Å². The van der Waals surface area contributed by atoms with Crippen LogP contribution in [0.15, 0.2) is 12.1 Å². The Morgan fingerprint density at radius 3 is 2.88 bits per heavy atom. The molecule has 3 N–H and O–H groups in total. The molecule has 1 heterocycles. The molecule has 1 aliphatic rings. The van der Waals surface area contributed by atoms with Crippen LogP contribution in [0, 0.1) is 0 Å². The molecule has 0 spiro atoms. The number of nitrogens with two attached hydrogens (primary N) is 1. The molecule has 88 valence electrons. The average molecular weight is 244 g/mol. The molecule has 16 heavy (non-hydrogen) atoms. The fourth-order valence-electron chi connectivity index (χ4n) is 1.58. The van der Waals surface area contributed by atoms with Crippen LogP contribution in [0.1, 0.15) is 18.1 Å². The highest BCUT2D eigenvalue weighted by Crippen LogP contribution is 2.39. The minimum atomic E-state index is -0.727. The van der Waals surface area contributed by atoms with E-state index in [2.05, 4.69) is 0 Å². The summed E-state index contributed by atoms with van der Waals surface area (Å²) in [5.41, 5.74) is 6.05. The zero-order valence-electron chi connectivity index (χ0n) is 8.78. The Balaban J connectivity index is 2.39. The van der Waals surface area contributed by atoms with E-state index < -0.39 is 6.10 Å². The van der Waals surface area contributed by atoms with Gasteiger partial charge in [-0.05, 0) is 17.7 Å². The standard InChI is InChI=1S/C11H14ClNO3/c12-8-4-7(9(14)6-13)5-10-11(8)16-3-1-2-15-10/h4-5,9,14H,1-3,6,13H2/t9-/m1/s1. The van der Waals surface area contributed by atoms with E-state index in [9.17, 15) is 5.11 Å². The van der Waals surface area contributed by atoms with Crippen molar-refractivity contribution in [1.29, 1.82) is 0 Å². The summed E-state index contributed by atoms with van der Waals surface area (Å²) in [5, 5.41) is 10.1. The molecule has 1 aliphatic heterocycles. The molecular formula is C11H14ClNO3. The van der Waals surface area contributed by atoms with Crippen LogP contribution in [-0.2, 0) is 0 Å². The summed E-state index contributed by atoms with van der Waals surface area (Å²) >= 11 is 6.06. The molecule has 0 fully saturated rings. The normalized spacial score (nSPS) is 16.7. The fraction of sp³-hybridized carbons (Fsp3) is 0.455. The van der Waals surface area contributed by atoms with Gasteiger partial charge in [0.1, 0.15) is 0 Å². The maximum Gasteiger partial charge on any atom is 0.179 e. The van der Waals surface area contributed by atoms with E-state index in [0.29, 0.717) is 35.3 Å². The van der Waals surface area contributed by atoms with E-state index in [1.807, 2.05) is 0 Å². The molecule has 5 heteroatoms. The highest BCUT2D eigenvalue weighted by molar-refractivity contribution is 6.32. The smallest absolute Gasteiger partial charge is 0.179 e. The Kier molecular flexibility index (Phi) is 3.53. The van der Waals surface area contributed by atoms with Gasteiger partial charge < -0.3 is 20.3 Å². The molecule has 1 atom stereocenters. The van der Waals surface area contributed by atoms with Gasteiger partial charge in [-0.3, -0.25) is 0 Å². The van der Waals surface area contributed by atoms with Crippen LogP contribution >= 0.6 is 11.6 Å². The molecule has 0 amide bonds. The van der Waals surface area contributed by atoms with Crippen LogP contribution in [0.3, 0.4) is 0 Å². The molecule has 0 unspecified atom stereocenters. The SMILES string of the molecule is NC[C@@H](O)c1cc(Cl)c2c(c1)OCCCO2. The van der Waals surface area contributed by atoms with Gasteiger partial charge in [-0.2, -0.15) is 0 Å². The first kappa shape index (κ1) is 11.5. The van der Waals surface area contributed by atoms with Gasteiger partial charge in [-0.15, -0.1) is 0 Å². The maximum absolute atomic E-state index is 9.65. The summed E-state index contributed by atoms with van der Waals surface area (Å²) in [7, 11) is 0. The second kappa shape index (κ2) is 4.91. The van der Waals surface area contributed by atoms with Crippen molar-refractivity contribution in [3.8, 4) is 11.5 Å². The molecule has 0 bridgehead atoms. The monoisotopic (exact) mass is 243 g/mol. The Bertz CT molecular complexity index is 384. The predicted molar refractivity (Wildman–Crippen MR) is 61.1 cm³/mol. The van der Waals surface area contributed by atoms with Crippen LogP contribution in [0.5, 0.6) is 11.5 Å². The highest BCUT2D eigenvalue weighted by atomic mass is 35.5. The minimum Gasteiger partial charge on any atom is -0.489 e. The number of hydrogen-bond acceptors (Lipinski definition) is 4. The summed E-state index contributed by atoms with van der Waals surface area (Å²) in [4.78, 5) is 0. The van der Waals surface area contributed by atoms with Crippen molar-refractivity contribution in [3.05, 3.63) is 22.7 Å². The molecule has 1 aromatic rings. The predicted octanol–water partition coefficient (Wildman–Crippen LogP) is 1.49. The number of fused-ring (bicyclic) bond motifs is 1. The largest absolute Gasteiger partial charge is 0.489 e. The first-order valence-electron chi connectivity index (χ1n) is 5.19. The molecule has 0 aromatic heterocycles. The summed E-state index contributed by atoms with van der Waals surface area (Å²) in [6.45, 7) is 1.33. The van der Waals surface area contributed by atoms with Gasteiger partial charge in [-0.25, -0.2) is 0 Å². The van der Waals surface area contributed by atoms with Crippen molar-refractivity contribution in [2.75, 3.05) is 19.8 Å². The third kappa shape index (κ3) is 2.24. The quantitative estimate of drug-likeness (QED) is 0.826. The third-order valence-electron chi connectivity index (χ3n) is 2.43. The van der Waals surface area contributed by atoms with E-state index in [4.69, 9.17) is 26.8 Å². The first-order valence-corrected chi connectivity index (χ1v) is 5.57. The number of halogens is 1. The van der Waals surface area contributed by atoms with Crippen molar-refractivity contribution < 1.29 is 14.6 Å². The lowest BCUT2D eigenvalue weighted by Crippen LogP contribution is -2.11. The number of aliphatic hydroxyl groups excluding tert-OH is 1. The molecule has 4 nitrogen and oxygen atoms in total. The van der Waals surface area contributed by atoms with Crippen molar-refractivity contribution in [1.82, 2.24) is 0 Å². The summed E-state index contributed by atoms with van der Waals surface area (Å²) < 4.78 is 11.0. The van der Waals surface area contributed by atoms with Crippen LogP contribution < -0.4 is 15.2 Å². The lowest BCUT2D eigenvalue weighted by molar-refractivity contribution is 0.186. The Hall–Kier alpha value is -0.970. The first-order chi connectivity index (χ1) is 7.72. The third-order valence-corrected chi connectivity index (χ3v) is 2.71. The van der Waals surface area contributed by atoms with Gasteiger partial charge in [0.2, 0.25) is 0 Å². The van der Waals surface area contributed by atoms with Gasteiger partial charge in [0.05, 0.1) is 24.3 Å². The summed E-state index contributed by atoms with van der Waals surface area (Å²) in [5.74, 6) is 1.12. The van der Waals surface area contributed by atoms with Crippen molar-refractivity contribution in [3.63, 3.8) is 0 Å². The van der Waals surface area contributed by atoms with Gasteiger partial charge in [0, 0.05) is 13.0 Å². The van der Waals surface area contributed by atoms with Gasteiger partial charge in [0.25, 0.3) is 0 Å². The van der Waals surface area contributed by atoms with Gasteiger partial charge in [0.15, 0.2) is 11.5 Å². The van der Waals surface area contributed by atoms with E-state index in [1.165, 1.54) is 0 Å². The fourth-order valence-corrected chi connectivity index (χ4v) is 1.85. The van der Waals surface area contributed by atoms with E-state index in [1.54, 1.807) is 12.1 Å². The number of ether oxygens (including phenoxy) is 2. The Morgan fingerprint density at radius 2 is 2.12 bits per heavy atom. The average Bonchev–Trinajstić information content (AvgIpc) is 2.53. The van der Waals surface area contributed by atoms with Crippen molar-refractivity contribution in [2.45, 2.75) is 12.5 Å². The second-order valence-electron chi connectivity index (χ2n) is 3.63. The number of rotatable bonds is 2. The van der Waals surface area contributed by atoms with Crippen LogP contribution in [-0.4, -0.2) is 24.9 Å². The lowest BCUT2D eigenvalue weighted by Gasteiger charge is -2.14. The maximum atomic E-state index is 9.65. The zero-order valence-corrected chi connectivity index (χ0v) is 9.54. The van der Waals surface area contributed by atoms with Crippen molar-refractivity contribution >= 4 is 11.6 Å². The molecular weight excluding hydrogens is 230 g/mol. The minimum absolute atomic E-state index is 0.149. The highest BCUT2D eigenvalue weighted by Gasteiger charge is 2.17. The molecule has 0 saturated carbocycles. The van der Waals surface area contributed by atoms with Crippen LogP contribution in [0.4, 0.5) is 0 Å². The zero-order chi connectivity index (χ0) is 11.5. The molecule has 0 radical (unpaired) electrons. The van der Waals surface area contributed by atoms with Crippen LogP contribution in [0.25, 0.3) is 0 Å². The Labute approximate surface area is 98.9 Å². The molecule has 0 saturated heterocycles. The van der Waals surface area contributed by atoms with Gasteiger partial charge in [-0.1, -0.05) is 11.6 Å². The Morgan fingerprint density at radius 1 is 1.38 bits per heavy atom. The van der Waals surface area contributed by atoms with E-state index in [-0.39, 0.29) is 6.54 Å². The van der Waals surface area contributed by atoms with Gasteiger partial charge >= 0.3 is 0 Å². The van der Waals surface area contributed by atoms with E-state index >= 15 is 0 Å². The van der Waals surface area contributed by atoms with Crippen LogP contribution in [0.2, 0.25) is 5.02 Å². The lowest BCUT2D eigenvalue weighted by atomic mass is 10.1. The summed E-state index contributed by atoms with van der Waals surface area (Å²) in [6, 6.07) is 3.39. The molecule has 2 rings (SSSR count). The van der Waals surface area contributed by atoms with Crippen molar-refractivity contribution in [2.24, 2.45) is 5.73 Å². The molecule has 1 aromatic carbocycles. The number of hydrogen-bond donors (Lipinski definition) is 2. The molecule has 0 aliphatic carbocycles.